The van der Waals surface area contributed by atoms with E-state index in [1.54, 1.807) is 25.2 Å². The highest BCUT2D eigenvalue weighted by Crippen LogP contribution is 2.13. The summed E-state index contributed by atoms with van der Waals surface area (Å²) < 4.78 is 1.53. The van der Waals surface area contributed by atoms with Crippen LogP contribution < -0.4 is 5.69 Å². The zero-order valence-corrected chi connectivity index (χ0v) is 13.0. The quantitative estimate of drug-likeness (QED) is 0.904. The predicted octanol–water partition coefficient (Wildman–Crippen LogP) is 1.49. The molecule has 0 aliphatic carbocycles. The lowest BCUT2D eigenvalue weighted by Gasteiger charge is -2.13. The monoisotopic (exact) mass is 307 g/mol. The van der Waals surface area contributed by atoms with E-state index in [2.05, 4.69) is 9.97 Å². The lowest BCUT2D eigenvalue weighted by Crippen LogP contribution is -2.29. The zero-order valence-electron chi connectivity index (χ0n) is 12.2. The van der Waals surface area contributed by atoms with E-state index < -0.39 is 5.97 Å². The molecule has 0 aromatic carbocycles. The molecule has 0 spiro atoms. The number of nitrogens with zero attached hydrogens (tertiary/aromatic N) is 3. The first-order valence-corrected chi connectivity index (χ1v) is 7.46. The van der Waals surface area contributed by atoms with Crippen LogP contribution in [0.3, 0.4) is 0 Å². The van der Waals surface area contributed by atoms with Crippen LogP contribution in [0, 0.1) is 20.8 Å². The largest absolute Gasteiger partial charge is 0.481 e. The summed E-state index contributed by atoms with van der Waals surface area (Å²) in [7, 11) is 0. The van der Waals surface area contributed by atoms with Gasteiger partial charge in [-0.25, -0.2) is 9.78 Å². The fraction of sp³-hybridized carbons (Fsp3) is 0.429. The maximum absolute atomic E-state index is 12.0. The first kappa shape index (κ1) is 15.4. The second-order valence-corrected chi connectivity index (χ2v) is 5.84. The minimum Gasteiger partial charge on any atom is -0.481 e. The summed E-state index contributed by atoms with van der Waals surface area (Å²) in [4.78, 5) is 31.2. The lowest BCUT2D eigenvalue weighted by atomic mass is 10.1. The molecule has 0 radical (unpaired) electrons. The van der Waals surface area contributed by atoms with Crippen molar-refractivity contribution in [2.45, 2.75) is 40.2 Å². The number of thiazole rings is 1. The van der Waals surface area contributed by atoms with Gasteiger partial charge in [0.25, 0.3) is 0 Å². The van der Waals surface area contributed by atoms with Crippen molar-refractivity contribution in [1.82, 2.24) is 14.5 Å². The van der Waals surface area contributed by atoms with Crippen molar-refractivity contribution in [2.24, 2.45) is 0 Å². The van der Waals surface area contributed by atoms with Crippen molar-refractivity contribution < 1.29 is 9.90 Å². The molecule has 2 aromatic heterocycles. The molecule has 0 unspecified atom stereocenters. The number of aliphatic carboxylic acids is 1. The van der Waals surface area contributed by atoms with Gasteiger partial charge in [0.2, 0.25) is 0 Å². The predicted molar refractivity (Wildman–Crippen MR) is 79.9 cm³/mol. The maximum Gasteiger partial charge on any atom is 0.347 e. The minimum absolute atomic E-state index is 0.124. The summed E-state index contributed by atoms with van der Waals surface area (Å²) in [6, 6.07) is 0. The van der Waals surface area contributed by atoms with Crippen LogP contribution in [0.5, 0.6) is 0 Å². The number of carbonyl (C=O) groups is 1. The average Bonchev–Trinajstić information content (AvgIpc) is 2.80. The van der Waals surface area contributed by atoms with Gasteiger partial charge in [-0.3, -0.25) is 9.36 Å². The van der Waals surface area contributed by atoms with Crippen LogP contribution in [-0.2, 0) is 24.2 Å². The van der Waals surface area contributed by atoms with Gasteiger partial charge in [-0.05, 0) is 20.8 Å². The summed E-state index contributed by atoms with van der Waals surface area (Å²) in [6.07, 6.45) is 0.512. The number of aromatic nitrogens is 3. The molecular formula is C14H17N3O3S. The highest BCUT2D eigenvalue weighted by atomic mass is 32.1. The molecular weight excluding hydrogens is 290 g/mol. The van der Waals surface area contributed by atoms with Crippen molar-refractivity contribution in [3.63, 3.8) is 0 Å². The Balaban J connectivity index is 2.30. The number of carboxylic acids is 1. The minimum atomic E-state index is -0.927. The molecule has 112 valence electrons. The topological polar surface area (TPSA) is 85.1 Å². The molecule has 0 bridgehead atoms. The molecule has 2 rings (SSSR count). The van der Waals surface area contributed by atoms with Crippen molar-refractivity contribution in [1.29, 1.82) is 0 Å². The first-order valence-electron chi connectivity index (χ1n) is 6.58. The number of carboxylic acid groups (broad SMARTS) is 1. The van der Waals surface area contributed by atoms with Gasteiger partial charge in [0.15, 0.2) is 0 Å². The highest BCUT2D eigenvalue weighted by molar-refractivity contribution is 7.09. The summed E-state index contributed by atoms with van der Waals surface area (Å²) in [5.74, 6) is -0.927. The molecule has 0 amide bonds. The molecule has 2 heterocycles. The fourth-order valence-electron chi connectivity index (χ4n) is 2.23. The Morgan fingerprint density at radius 2 is 2.05 bits per heavy atom. The van der Waals surface area contributed by atoms with Crippen LogP contribution in [0.25, 0.3) is 0 Å². The van der Waals surface area contributed by atoms with Gasteiger partial charge in [0, 0.05) is 41.0 Å². The van der Waals surface area contributed by atoms with Crippen molar-refractivity contribution in [2.75, 3.05) is 0 Å². The summed E-state index contributed by atoms with van der Waals surface area (Å²) in [5, 5.41) is 11.9. The van der Waals surface area contributed by atoms with Crippen LogP contribution in [0.1, 0.15) is 27.7 Å². The van der Waals surface area contributed by atoms with E-state index in [0.29, 0.717) is 29.9 Å². The van der Waals surface area contributed by atoms with E-state index in [0.717, 1.165) is 10.7 Å². The SMILES string of the molecule is Cc1csc(CCn2c(C)c(CC(=O)O)c(C)nc2=O)n1. The number of rotatable bonds is 5. The van der Waals surface area contributed by atoms with Gasteiger partial charge in [0.1, 0.15) is 0 Å². The molecule has 2 aromatic rings. The number of aryl methyl sites for hydroxylation is 3. The fourth-order valence-corrected chi connectivity index (χ4v) is 3.00. The first-order chi connectivity index (χ1) is 9.88. The van der Waals surface area contributed by atoms with E-state index in [1.165, 1.54) is 4.57 Å². The summed E-state index contributed by atoms with van der Waals surface area (Å²) in [5.41, 5.74) is 2.39. The maximum atomic E-state index is 12.0. The second kappa shape index (κ2) is 6.17. The standard InChI is InChI=1S/C14H17N3O3S/c1-8-7-21-12(15-8)4-5-17-10(3)11(6-13(18)19)9(2)16-14(17)20/h7H,4-6H2,1-3H3,(H,18,19). The van der Waals surface area contributed by atoms with E-state index in [4.69, 9.17) is 5.11 Å². The van der Waals surface area contributed by atoms with Crippen LogP contribution in [0.15, 0.2) is 10.2 Å². The van der Waals surface area contributed by atoms with Crippen molar-refractivity contribution in [3.05, 3.63) is 43.5 Å². The second-order valence-electron chi connectivity index (χ2n) is 4.90. The van der Waals surface area contributed by atoms with Gasteiger partial charge < -0.3 is 5.11 Å². The number of hydrogen-bond donors (Lipinski definition) is 1. The van der Waals surface area contributed by atoms with E-state index >= 15 is 0 Å². The lowest BCUT2D eigenvalue weighted by molar-refractivity contribution is -0.136. The van der Waals surface area contributed by atoms with Crippen molar-refractivity contribution in [3.8, 4) is 0 Å². The molecule has 0 saturated carbocycles. The molecule has 7 heteroatoms. The van der Waals surface area contributed by atoms with Crippen LogP contribution in [0.2, 0.25) is 0 Å². The van der Waals surface area contributed by atoms with Crippen molar-refractivity contribution >= 4 is 17.3 Å². The molecule has 0 saturated heterocycles. The zero-order chi connectivity index (χ0) is 15.6. The Bertz CT molecular complexity index is 734. The highest BCUT2D eigenvalue weighted by Gasteiger charge is 2.14. The Hall–Kier alpha value is -2.02. The Morgan fingerprint density at radius 1 is 1.33 bits per heavy atom. The van der Waals surface area contributed by atoms with E-state index in [-0.39, 0.29) is 12.1 Å². The Morgan fingerprint density at radius 3 is 2.62 bits per heavy atom. The van der Waals surface area contributed by atoms with Crippen LogP contribution in [0.4, 0.5) is 0 Å². The third kappa shape index (κ3) is 3.55. The molecule has 0 aliphatic rings. The Labute approximate surface area is 126 Å². The summed E-state index contributed by atoms with van der Waals surface area (Å²) >= 11 is 1.56. The van der Waals surface area contributed by atoms with Gasteiger partial charge in [0.05, 0.1) is 11.4 Å². The van der Waals surface area contributed by atoms with Gasteiger partial charge in [-0.2, -0.15) is 4.98 Å². The molecule has 21 heavy (non-hydrogen) atoms. The third-order valence-corrected chi connectivity index (χ3v) is 4.34. The smallest absolute Gasteiger partial charge is 0.347 e. The molecule has 0 fully saturated rings. The van der Waals surface area contributed by atoms with Gasteiger partial charge >= 0.3 is 11.7 Å². The normalized spacial score (nSPS) is 10.8. The number of hydrogen-bond acceptors (Lipinski definition) is 5. The van der Waals surface area contributed by atoms with Crippen LogP contribution in [-0.4, -0.2) is 25.6 Å². The van der Waals surface area contributed by atoms with Gasteiger partial charge in [-0.1, -0.05) is 0 Å². The van der Waals surface area contributed by atoms with E-state index in [9.17, 15) is 9.59 Å². The molecule has 0 atom stereocenters. The molecule has 1 N–H and O–H groups in total. The van der Waals surface area contributed by atoms with E-state index in [1.807, 2.05) is 12.3 Å². The molecule has 6 nitrogen and oxygen atoms in total. The molecule has 0 aliphatic heterocycles. The average molecular weight is 307 g/mol. The van der Waals surface area contributed by atoms with Gasteiger partial charge in [-0.15, -0.1) is 11.3 Å². The Kier molecular flexibility index (Phi) is 4.52. The summed E-state index contributed by atoms with van der Waals surface area (Å²) in [6.45, 7) is 5.82. The van der Waals surface area contributed by atoms with Crippen LogP contribution >= 0.6 is 11.3 Å². The third-order valence-electron chi connectivity index (χ3n) is 3.32.